The molecule has 3 aromatic rings. The molecular formula is C29H34IrNO2-. The maximum absolute atomic E-state index is 10.2. The minimum Gasteiger partial charge on any atom is -0.392 e. The van der Waals surface area contributed by atoms with E-state index in [-0.39, 0.29) is 38.2 Å². The Morgan fingerprint density at radius 3 is 2.21 bits per heavy atom. The van der Waals surface area contributed by atoms with Crippen molar-refractivity contribution in [2.24, 2.45) is 23.7 Å². The summed E-state index contributed by atoms with van der Waals surface area (Å²) in [6, 6.07) is 25.5. The second kappa shape index (κ2) is 12.0. The van der Waals surface area contributed by atoms with Crippen LogP contribution in [0, 0.1) is 29.7 Å². The third-order valence-corrected chi connectivity index (χ3v) is 7.26. The first-order chi connectivity index (χ1) is 15.5. The second-order valence-electron chi connectivity index (χ2n) is 9.51. The third-order valence-electron chi connectivity index (χ3n) is 7.26. The predicted octanol–water partition coefficient (Wildman–Crippen LogP) is 6.01. The molecule has 0 spiro atoms. The number of aliphatic hydroxyl groups is 2. The van der Waals surface area contributed by atoms with E-state index in [0.717, 1.165) is 29.7 Å². The molecule has 0 amide bonds. The van der Waals surface area contributed by atoms with Crippen LogP contribution in [-0.2, 0) is 20.1 Å². The number of aromatic nitrogens is 1. The molecule has 2 aromatic carbocycles. The van der Waals surface area contributed by atoms with Crippen molar-refractivity contribution in [2.75, 3.05) is 0 Å². The second-order valence-corrected chi connectivity index (χ2v) is 9.51. The fraction of sp³-hybridized carbons (Fsp3) is 0.414. The van der Waals surface area contributed by atoms with E-state index in [9.17, 15) is 10.2 Å². The molecule has 4 heteroatoms. The van der Waals surface area contributed by atoms with Gasteiger partial charge in [-0.1, -0.05) is 62.7 Å². The average molecular weight is 621 g/mol. The summed E-state index contributed by atoms with van der Waals surface area (Å²) >= 11 is 0. The van der Waals surface area contributed by atoms with Gasteiger partial charge < -0.3 is 15.2 Å². The summed E-state index contributed by atoms with van der Waals surface area (Å²) in [6.07, 6.45) is 6.01. The van der Waals surface area contributed by atoms with Gasteiger partial charge in [0.1, 0.15) is 0 Å². The Bertz CT molecular complexity index is 903. The average Bonchev–Trinajstić information content (AvgIpc) is 3.04. The first-order valence-corrected chi connectivity index (χ1v) is 11.9. The van der Waals surface area contributed by atoms with Crippen molar-refractivity contribution in [3.05, 3.63) is 79.0 Å². The van der Waals surface area contributed by atoms with Crippen LogP contribution in [0.5, 0.6) is 0 Å². The van der Waals surface area contributed by atoms with Crippen LogP contribution in [-0.4, -0.2) is 27.4 Å². The monoisotopic (exact) mass is 621 g/mol. The Kier molecular flexibility index (Phi) is 9.40. The Labute approximate surface area is 211 Å². The van der Waals surface area contributed by atoms with Crippen LogP contribution in [0.25, 0.3) is 22.4 Å². The van der Waals surface area contributed by atoms with Gasteiger partial charge in [-0.15, -0.1) is 35.9 Å². The van der Waals surface area contributed by atoms with Gasteiger partial charge in [0, 0.05) is 32.2 Å². The molecule has 0 saturated heterocycles. The smallest absolute Gasteiger partial charge is 0.0621 e. The molecule has 2 saturated carbocycles. The number of fused-ring (bicyclic) bond motifs is 1. The van der Waals surface area contributed by atoms with E-state index in [2.05, 4.69) is 43.1 Å². The summed E-state index contributed by atoms with van der Waals surface area (Å²) in [7, 11) is 0. The molecule has 0 aliphatic heterocycles. The Hall–Kier alpha value is -1.84. The Balaban J connectivity index is 0.000000186. The van der Waals surface area contributed by atoms with E-state index in [1.807, 2.05) is 54.7 Å². The van der Waals surface area contributed by atoms with E-state index in [1.54, 1.807) is 0 Å². The van der Waals surface area contributed by atoms with Crippen LogP contribution in [0.3, 0.4) is 0 Å². The summed E-state index contributed by atoms with van der Waals surface area (Å²) in [5, 5.41) is 20.2. The molecule has 2 aliphatic rings. The summed E-state index contributed by atoms with van der Waals surface area (Å²) in [5.74, 6) is 1.47. The standard InChI is InChI=1S/C17H12N.C12H22O2.Ir/c1-3-7-14(8-4-1)16-11-12-17(18-13-16)15-9-5-2-6-10-15;1-7-4-3-5-9-6-8(2)12(14)10(9)11(7)13;/h1-9,11-13H;7-14H,3-6H2,1-2H3;/q-1;;/t;7-,8-,9?,10?,11?,12?;/m.0./s1. The minimum absolute atomic E-state index is 0. The predicted molar refractivity (Wildman–Crippen MR) is 130 cm³/mol. The Morgan fingerprint density at radius 1 is 0.818 bits per heavy atom. The van der Waals surface area contributed by atoms with E-state index < -0.39 is 0 Å². The van der Waals surface area contributed by atoms with Gasteiger partial charge in [0.25, 0.3) is 0 Å². The van der Waals surface area contributed by atoms with Crippen molar-refractivity contribution in [1.82, 2.24) is 4.98 Å². The largest absolute Gasteiger partial charge is 0.392 e. The van der Waals surface area contributed by atoms with Crippen LogP contribution in [0.4, 0.5) is 0 Å². The van der Waals surface area contributed by atoms with Crippen LogP contribution < -0.4 is 0 Å². The van der Waals surface area contributed by atoms with Gasteiger partial charge in [0.05, 0.1) is 12.2 Å². The molecule has 5 rings (SSSR count). The third kappa shape index (κ3) is 6.19. The normalized spacial score (nSPS) is 28.5. The molecule has 0 bridgehead atoms. The van der Waals surface area contributed by atoms with Crippen molar-refractivity contribution in [1.29, 1.82) is 0 Å². The van der Waals surface area contributed by atoms with Crippen LogP contribution in [0.1, 0.15) is 39.5 Å². The van der Waals surface area contributed by atoms with Gasteiger partial charge in [-0.2, -0.15) is 0 Å². The summed E-state index contributed by atoms with van der Waals surface area (Å²) in [4.78, 5) is 4.49. The van der Waals surface area contributed by atoms with E-state index in [4.69, 9.17) is 0 Å². The van der Waals surface area contributed by atoms with Gasteiger partial charge in [0.15, 0.2) is 0 Å². The van der Waals surface area contributed by atoms with Crippen molar-refractivity contribution in [3.8, 4) is 22.4 Å². The zero-order valence-electron chi connectivity index (χ0n) is 19.4. The molecule has 33 heavy (non-hydrogen) atoms. The minimum atomic E-state index is -0.276. The quantitative estimate of drug-likeness (QED) is 0.345. The van der Waals surface area contributed by atoms with Crippen LogP contribution in [0.15, 0.2) is 72.9 Å². The molecule has 6 atom stereocenters. The van der Waals surface area contributed by atoms with Gasteiger partial charge in [0.2, 0.25) is 0 Å². The van der Waals surface area contributed by atoms with E-state index in [0.29, 0.717) is 17.8 Å². The number of rotatable bonds is 2. The fourth-order valence-electron chi connectivity index (χ4n) is 5.38. The first kappa shape index (κ1) is 25.8. The molecule has 2 N–H and O–H groups in total. The van der Waals surface area contributed by atoms with Crippen LogP contribution in [0.2, 0.25) is 0 Å². The van der Waals surface area contributed by atoms with Crippen molar-refractivity contribution < 1.29 is 30.3 Å². The van der Waals surface area contributed by atoms with Gasteiger partial charge in [-0.3, -0.25) is 0 Å². The first-order valence-electron chi connectivity index (χ1n) is 11.9. The molecule has 4 unspecified atom stereocenters. The zero-order chi connectivity index (χ0) is 22.5. The van der Waals surface area contributed by atoms with Crippen molar-refractivity contribution in [2.45, 2.75) is 51.7 Å². The maximum atomic E-state index is 10.2. The summed E-state index contributed by atoms with van der Waals surface area (Å²) in [6.45, 7) is 4.22. The molecule has 2 aliphatic carbocycles. The molecule has 177 valence electrons. The SMILES string of the molecule is C[C@H]1CCCC2C[C@H](C)C(O)C2C1O.[Ir].[c-]1ccccc1-c1ccc(-c2ccccc2)cn1. The molecule has 2 fully saturated rings. The van der Waals surface area contributed by atoms with Crippen molar-refractivity contribution in [3.63, 3.8) is 0 Å². The summed E-state index contributed by atoms with van der Waals surface area (Å²) < 4.78 is 0. The van der Waals surface area contributed by atoms with Gasteiger partial charge in [-0.05, 0) is 53.8 Å². The topological polar surface area (TPSA) is 53.4 Å². The molecule has 1 heterocycles. The maximum Gasteiger partial charge on any atom is 0.0621 e. The van der Waals surface area contributed by atoms with Gasteiger partial charge in [-0.25, -0.2) is 0 Å². The molecular weight excluding hydrogens is 587 g/mol. The summed E-state index contributed by atoms with van der Waals surface area (Å²) in [5.41, 5.74) is 4.30. The zero-order valence-corrected chi connectivity index (χ0v) is 21.8. The van der Waals surface area contributed by atoms with E-state index >= 15 is 0 Å². The number of hydrogen-bond acceptors (Lipinski definition) is 3. The van der Waals surface area contributed by atoms with Crippen LogP contribution >= 0.6 is 0 Å². The number of benzene rings is 2. The van der Waals surface area contributed by atoms with E-state index in [1.165, 1.54) is 18.4 Å². The van der Waals surface area contributed by atoms with Crippen molar-refractivity contribution >= 4 is 0 Å². The van der Waals surface area contributed by atoms with Gasteiger partial charge >= 0.3 is 0 Å². The number of aliphatic hydroxyl groups excluding tert-OH is 2. The number of hydrogen-bond donors (Lipinski definition) is 2. The molecule has 3 nitrogen and oxygen atoms in total. The Morgan fingerprint density at radius 2 is 1.55 bits per heavy atom. The fourth-order valence-corrected chi connectivity index (χ4v) is 5.38. The molecule has 1 radical (unpaired) electrons. The molecule has 1 aromatic heterocycles. The number of pyridine rings is 1. The number of nitrogens with zero attached hydrogens (tertiary/aromatic N) is 1.